The second kappa shape index (κ2) is 9.15. The smallest absolute Gasteiger partial charge is 0.303 e. The number of hydrogen-bond donors (Lipinski definition) is 1. The SMILES string of the molecule is C=C(C)C1CCC2C(=CCC3(C)C(C(C)CCC=C(C)C)CCC23C)C1(C)CCC(=O)O. The van der Waals surface area contributed by atoms with Gasteiger partial charge in [-0.3, -0.25) is 4.79 Å². The van der Waals surface area contributed by atoms with Crippen LogP contribution in [0.2, 0.25) is 0 Å². The summed E-state index contributed by atoms with van der Waals surface area (Å²) in [7, 11) is 0. The molecule has 0 radical (unpaired) electrons. The molecule has 0 spiro atoms. The summed E-state index contributed by atoms with van der Waals surface area (Å²) < 4.78 is 0. The van der Waals surface area contributed by atoms with Gasteiger partial charge >= 0.3 is 5.97 Å². The van der Waals surface area contributed by atoms with Gasteiger partial charge in [0.05, 0.1) is 0 Å². The summed E-state index contributed by atoms with van der Waals surface area (Å²) in [5.74, 6) is 1.84. The molecule has 0 bridgehead atoms. The first-order valence-corrected chi connectivity index (χ1v) is 13.1. The van der Waals surface area contributed by atoms with Crippen LogP contribution in [0.25, 0.3) is 0 Å². The molecule has 7 unspecified atom stereocenters. The molecule has 32 heavy (non-hydrogen) atoms. The Morgan fingerprint density at radius 2 is 1.88 bits per heavy atom. The van der Waals surface area contributed by atoms with E-state index in [9.17, 15) is 9.90 Å². The minimum Gasteiger partial charge on any atom is -0.481 e. The van der Waals surface area contributed by atoms with Crippen molar-refractivity contribution in [1.29, 1.82) is 0 Å². The van der Waals surface area contributed by atoms with Gasteiger partial charge in [-0.1, -0.05) is 63.1 Å². The zero-order chi connectivity index (χ0) is 23.9. The van der Waals surface area contributed by atoms with E-state index in [1.54, 1.807) is 5.57 Å². The van der Waals surface area contributed by atoms with Gasteiger partial charge < -0.3 is 5.11 Å². The lowest BCUT2D eigenvalue weighted by atomic mass is 9.44. The molecule has 2 saturated carbocycles. The second-order valence-corrected chi connectivity index (χ2v) is 12.5. The first-order chi connectivity index (χ1) is 14.9. The van der Waals surface area contributed by atoms with Crippen molar-refractivity contribution in [2.75, 3.05) is 0 Å². The van der Waals surface area contributed by atoms with Crippen LogP contribution >= 0.6 is 0 Å². The van der Waals surface area contributed by atoms with Gasteiger partial charge in [0, 0.05) is 6.42 Å². The fourth-order valence-corrected chi connectivity index (χ4v) is 8.43. The van der Waals surface area contributed by atoms with Crippen molar-refractivity contribution in [3.8, 4) is 0 Å². The number of carbonyl (C=O) groups is 1. The average molecular weight is 441 g/mol. The number of carboxylic acid groups (broad SMARTS) is 1. The third-order valence-electron chi connectivity index (χ3n) is 10.5. The van der Waals surface area contributed by atoms with E-state index in [2.05, 4.69) is 67.2 Å². The van der Waals surface area contributed by atoms with Crippen molar-refractivity contribution >= 4 is 5.97 Å². The van der Waals surface area contributed by atoms with Crippen LogP contribution < -0.4 is 0 Å². The Labute approximate surface area is 197 Å². The molecule has 0 aromatic rings. The van der Waals surface area contributed by atoms with E-state index >= 15 is 0 Å². The van der Waals surface area contributed by atoms with Crippen LogP contribution in [0.4, 0.5) is 0 Å². The number of hydrogen-bond acceptors (Lipinski definition) is 1. The summed E-state index contributed by atoms with van der Waals surface area (Å²) in [4.78, 5) is 11.5. The Balaban J connectivity index is 1.93. The molecule has 2 nitrogen and oxygen atoms in total. The zero-order valence-electron chi connectivity index (χ0n) is 21.9. The highest BCUT2D eigenvalue weighted by Crippen LogP contribution is 2.71. The molecule has 0 aliphatic heterocycles. The summed E-state index contributed by atoms with van der Waals surface area (Å²) in [5.41, 5.74) is 4.83. The molecule has 7 atom stereocenters. The Hall–Kier alpha value is -1.31. The van der Waals surface area contributed by atoms with Crippen molar-refractivity contribution in [3.63, 3.8) is 0 Å². The van der Waals surface area contributed by atoms with Crippen LogP contribution in [0.15, 0.2) is 35.5 Å². The molecule has 2 heteroatoms. The van der Waals surface area contributed by atoms with Gasteiger partial charge in [0.1, 0.15) is 0 Å². The van der Waals surface area contributed by atoms with Gasteiger partial charge in [-0.2, -0.15) is 0 Å². The fourth-order valence-electron chi connectivity index (χ4n) is 8.43. The lowest BCUT2D eigenvalue weighted by Crippen LogP contribution is -2.52. The largest absolute Gasteiger partial charge is 0.481 e. The molecule has 180 valence electrons. The summed E-state index contributed by atoms with van der Waals surface area (Å²) in [6.45, 7) is 20.9. The summed E-state index contributed by atoms with van der Waals surface area (Å²) >= 11 is 0. The number of fused-ring (bicyclic) bond motifs is 3. The number of rotatable bonds is 8. The lowest BCUT2D eigenvalue weighted by Gasteiger charge is -2.60. The molecule has 3 rings (SSSR count). The van der Waals surface area contributed by atoms with Gasteiger partial charge in [0.15, 0.2) is 0 Å². The van der Waals surface area contributed by atoms with E-state index in [4.69, 9.17) is 0 Å². The Kier molecular flexibility index (Phi) is 7.24. The van der Waals surface area contributed by atoms with Crippen molar-refractivity contribution in [1.82, 2.24) is 0 Å². The van der Waals surface area contributed by atoms with Crippen molar-refractivity contribution < 1.29 is 9.90 Å². The predicted octanol–water partition coefficient (Wildman–Crippen LogP) is 8.60. The van der Waals surface area contributed by atoms with E-state index in [1.165, 1.54) is 43.3 Å². The minimum atomic E-state index is -0.674. The Morgan fingerprint density at radius 3 is 2.47 bits per heavy atom. The van der Waals surface area contributed by atoms with Crippen LogP contribution in [0, 0.1) is 39.9 Å². The number of allylic oxidation sites excluding steroid dienone is 5. The van der Waals surface area contributed by atoms with E-state index in [0.717, 1.165) is 31.1 Å². The van der Waals surface area contributed by atoms with Crippen molar-refractivity contribution in [2.24, 2.45) is 39.9 Å². The maximum Gasteiger partial charge on any atom is 0.303 e. The zero-order valence-corrected chi connectivity index (χ0v) is 21.9. The van der Waals surface area contributed by atoms with Gasteiger partial charge in [0.2, 0.25) is 0 Å². The minimum absolute atomic E-state index is 0.0649. The van der Waals surface area contributed by atoms with E-state index in [1.807, 2.05) is 0 Å². The molecule has 0 aromatic carbocycles. The van der Waals surface area contributed by atoms with Gasteiger partial charge in [-0.05, 0) is 112 Å². The van der Waals surface area contributed by atoms with Crippen molar-refractivity contribution in [3.05, 3.63) is 35.5 Å². The van der Waals surface area contributed by atoms with E-state index in [0.29, 0.717) is 22.7 Å². The lowest BCUT2D eigenvalue weighted by molar-refractivity contribution is -0.137. The first kappa shape index (κ1) is 25.3. The second-order valence-electron chi connectivity index (χ2n) is 12.5. The highest BCUT2D eigenvalue weighted by Gasteiger charge is 2.63. The molecule has 0 aromatic heterocycles. The maximum absolute atomic E-state index is 11.5. The summed E-state index contributed by atoms with van der Waals surface area (Å²) in [6, 6.07) is 0. The third-order valence-corrected chi connectivity index (χ3v) is 10.5. The molecule has 3 aliphatic rings. The van der Waals surface area contributed by atoms with Crippen molar-refractivity contribution in [2.45, 2.75) is 106 Å². The van der Waals surface area contributed by atoms with Crippen LogP contribution in [-0.4, -0.2) is 11.1 Å². The summed E-state index contributed by atoms with van der Waals surface area (Å²) in [5, 5.41) is 9.48. The van der Waals surface area contributed by atoms with Crippen LogP contribution in [0.3, 0.4) is 0 Å². The quantitative estimate of drug-likeness (QED) is 0.384. The van der Waals surface area contributed by atoms with Crippen LogP contribution in [-0.2, 0) is 4.79 Å². The van der Waals surface area contributed by atoms with Gasteiger partial charge in [-0.25, -0.2) is 0 Å². The molecule has 2 fully saturated rings. The Bertz CT molecular complexity index is 800. The molecule has 1 N–H and O–H groups in total. The predicted molar refractivity (Wildman–Crippen MR) is 135 cm³/mol. The molecule has 3 aliphatic carbocycles. The highest BCUT2D eigenvalue weighted by molar-refractivity contribution is 5.66. The summed E-state index contributed by atoms with van der Waals surface area (Å²) in [6.07, 6.45) is 14.7. The Morgan fingerprint density at radius 1 is 1.19 bits per heavy atom. The molecular weight excluding hydrogens is 392 g/mol. The fraction of sp³-hybridized carbons (Fsp3) is 0.767. The monoisotopic (exact) mass is 440 g/mol. The number of aliphatic carboxylic acids is 1. The van der Waals surface area contributed by atoms with E-state index in [-0.39, 0.29) is 11.8 Å². The van der Waals surface area contributed by atoms with Crippen LogP contribution in [0.1, 0.15) is 106 Å². The average Bonchev–Trinajstić information content (AvgIpc) is 2.98. The maximum atomic E-state index is 11.5. The van der Waals surface area contributed by atoms with Gasteiger partial charge in [-0.15, -0.1) is 0 Å². The third kappa shape index (κ3) is 4.16. The standard InChI is InChI=1S/C30H48O2/c1-20(2)10-9-11-22(5)24-14-18-30(8)26-13-12-23(21(3)4)28(6,17-16-27(31)32)25(26)15-19-29(24,30)7/h10,15,22-24,26H,3,9,11-14,16-19H2,1-2,4-8H3,(H,31,32). The normalized spacial score (nSPS) is 39.5. The highest BCUT2D eigenvalue weighted by atomic mass is 16.4. The van der Waals surface area contributed by atoms with Gasteiger partial charge in [0.25, 0.3) is 0 Å². The first-order valence-electron chi connectivity index (χ1n) is 13.1. The molecule has 0 amide bonds. The topological polar surface area (TPSA) is 37.3 Å². The molecule has 0 heterocycles. The van der Waals surface area contributed by atoms with Crippen LogP contribution in [0.5, 0.6) is 0 Å². The van der Waals surface area contributed by atoms with E-state index < -0.39 is 5.97 Å². The number of carboxylic acids is 1. The molecular formula is C30H48O2. The molecule has 0 saturated heterocycles.